The SMILES string of the molecule is Cc1oc(CO)cc1S(=O)(=O)Nc1ccc(F)c(F)c1F. The molecule has 0 aliphatic carbocycles. The Balaban J connectivity index is 2.42. The summed E-state index contributed by atoms with van der Waals surface area (Å²) < 4.78 is 70.2. The predicted octanol–water partition coefficient (Wildman–Crippen LogP) is 2.30. The number of anilines is 1. The number of benzene rings is 1. The largest absolute Gasteiger partial charge is 0.462 e. The lowest BCUT2D eigenvalue weighted by Crippen LogP contribution is -2.15. The fraction of sp³-hybridized carbons (Fsp3) is 0.167. The molecule has 2 N–H and O–H groups in total. The third-order valence-corrected chi connectivity index (χ3v) is 4.12. The molecule has 0 saturated carbocycles. The number of hydrogen-bond donors (Lipinski definition) is 2. The van der Waals surface area contributed by atoms with Gasteiger partial charge < -0.3 is 9.52 Å². The van der Waals surface area contributed by atoms with Crippen LogP contribution in [0.15, 0.2) is 27.5 Å². The molecule has 0 saturated heterocycles. The normalized spacial score (nSPS) is 11.7. The molecule has 0 unspecified atom stereocenters. The van der Waals surface area contributed by atoms with Crippen molar-refractivity contribution in [2.75, 3.05) is 4.72 Å². The molecule has 114 valence electrons. The highest BCUT2D eigenvalue weighted by molar-refractivity contribution is 7.92. The number of rotatable bonds is 4. The van der Waals surface area contributed by atoms with E-state index in [-0.39, 0.29) is 16.4 Å². The summed E-state index contributed by atoms with van der Waals surface area (Å²) in [6, 6.07) is 2.40. The monoisotopic (exact) mass is 321 g/mol. The molecule has 0 aliphatic heterocycles. The van der Waals surface area contributed by atoms with Gasteiger partial charge >= 0.3 is 0 Å². The zero-order valence-electron chi connectivity index (χ0n) is 10.7. The Morgan fingerprint density at radius 2 is 1.90 bits per heavy atom. The van der Waals surface area contributed by atoms with Crippen molar-refractivity contribution in [3.05, 3.63) is 47.2 Å². The highest BCUT2D eigenvalue weighted by Crippen LogP contribution is 2.25. The van der Waals surface area contributed by atoms with Crippen LogP contribution in [0, 0.1) is 24.4 Å². The first kappa shape index (κ1) is 15.4. The average molecular weight is 321 g/mol. The Kier molecular flexibility index (Phi) is 3.97. The highest BCUT2D eigenvalue weighted by Gasteiger charge is 2.24. The number of halogens is 3. The Bertz CT molecular complexity index is 786. The number of sulfonamides is 1. The first-order chi connectivity index (χ1) is 9.76. The average Bonchev–Trinajstić information content (AvgIpc) is 2.81. The van der Waals surface area contributed by atoms with Gasteiger partial charge in [-0.3, -0.25) is 4.72 Å². The fourth-order valence-electron chi connectivity index (χ4n) is 1.67. The van der Waals surface area contributed by atoms with Crippen LogP contribution in [0.1, 0.15) is 11.5 Å². The summed E-state index contributed by atoms with van der Waals surface area (Å²) in [5, 5.41) is 8.88. The molecule has 0 aliphatic rings. The van der Waals surface area contributed by atoms with E-state index in [1.54, 1.807) is 4.72 Å². The van der Waals surface area contributed by atoms with E-state index in [4.69, 9.17) is 9.52 Å². The smallest absolute Gasteiger partial charge is 0.265 e. The lowest BCUT2D eigenvalue weighted by atomic mass is 10.3. The van der Waals surface area contributed by atoms with Crippen molar-refractivity contribution in [3.63, 3.8) is 0 Å². The van der Waals surface area contributed by atoms with Gasteiger partial charge in [0.25, 0.3) is 10.0 Å². The molecule has 0 amide bonds. The van der Waals surface area contributed by atoms with Crippen LogP contribution in [0.4, 0.5) is 18.9 Å². The molecule has 1 aromatic carbocycles. The minimum absolute atomic E-state index is 0.00127. The second-order valence-electron chi connectivity index (χ2n) is 4.12. The molecule has 21 heavy (non-hydrogen) atoms. The van der Waals surface area contributed by atoms with E-state index in [0.717, 1.165) is 12.1 Å². The predicted molar refractivity (Wildman–Crippen MR) is 66.5 cm³/mol. The van der Waals surface area contributed by atoms with E-state index in [2.05, 4.69) is 0 Å². The summed E-state index contributed by atoms with van der Waals surface area (Å²) in [4.78, 5) is -0.337. The van der Waals surface area contributed by atoms with Gasteiger partial charge in [-0.1, -0.05) is 0 Å². The van der Waals surface area contributed by atoms with Gasteiger partial charge in [0, 0.05) is 6.07 Å². The molecule has 0 fully saturated rings. The minimum atomic E-state index is -4.27. The highest BCUT2D eigenvalue weighted by atomic mass is 32.2. The molecular weight excluding hydrogens is 311 g/mol. The van der Waals surface area contributed by atoms with Gasteiger partial charge in [-0.15, -0.1) is 0 Å². The van der Waals surface area contributed by atoms with Gasteiger partial charge in [-0.05, 0) is 19.1 Å². The quantitative estimate of drug-likeness (QED) is 0.847. The van der Waals surface area contributed by atoms with Gasteiger partial charge in [-0.25, -0.2) is 21.6 Å². The molecule has 2 aromatic rings. The zero-order chi connectivity index (χ0) is 15.8. The van der Waals surface area contributed by atoms with Crippen LogP contribution >= 0.6 is 0 Å². The molecule has 5 nitrogen and oxygen atoms in total. The summed E-state index contributed by atoms with van der Waals surface area (Å²) in [6.07, 6.45) is 0. The lowest BCUT2D eigenvalue weighted by Gasteiger charge is -2.08. The number of aryl methyl sites for hydroxylation is 1. The van der Waals surface area contributed by atoms with Crippen molar-refractivity contribution in [3.8, 4) is 0 Å². The Labute approximate surface area is 118 Å². The maximum Gasteiger partial charge on any atom is 0.265 e. The molecule has 1 aromatic heterocycles. The van der Waals surface area contributed by atoms with Crippen molar-refractivity contribution in [2.45, 2.75) is 18.4 Å². The molecule has 0 spiro atoms. The van der Waals surface area contributed by atoms with E-state index < -0.39 is 39.8 Å². The van der Waals surface area contributed by atoms with Crippen molar-refractivity contribution in [1.29, 1.82) is 0 Å². The zero-order valence-corrected chi connectivity index (χ0v) is 11.5. The molecule has 2 rings (SSSR count). The van der Waals surface area contributed by atoms with Gasteiger partial charge in [0.05, 0.1) is 5.69 Å². The number of nitrogens with one attached hydrogen (secondary N) is 1. The van der Waals surface area contributed by atoms with Crippen LogP contribution in [-0.4, -0.2) is 13.5 Å². The summed E-state index contributed by atoms with van der Waals surface area (Å²) in [6.45, 7) is 0.811. The molecule has 1 heterocycles. The fourth-order valence-corrected chi connectivity index (χ4v) is 2.94. The van der Waals surface area contributed by atoms with Crippen LogP contribution in [0.3, 0.4) is 0 Å². The third-order valence-electron chi connectivity index (χ3n) is 2.65. The van der Waals surface area contributed by atoms with Crippen LogP contribution in [0.2, 0.25) is 0 Å². The molecular formula is C12H10F3NO4S. The maximum absolute atomic E-state index is 13.5. The topological polar surface area (TPSA) is 79.5 Å². The molecule has 0 atom stereocenters. The van der Waals surface area contributed by atoms with Gasteiger partial charge in [0.15, 0.2) is 17.5 Å². The lowest BCUT2D eigenvalue weighted by molar-refractivity contribution is 0.245. The first-order valence-electron chi connectivity index (χ1n) is 5.62. The summed E-state index contributed by atoms with van der Waals surface area (Å²) in [7, 11) is -4.27. The Morgan fingerprint density at radius 1 is 1.24 bits per heavy atom. The second-order valence-corrected chi connectivity index (χ2v) is 5.77. The van der Waals surface area contributed by atoms with Crippen LogP contribution in [0.5, 0.6) is 0 Å². The van der Waals surface area contributed by atoms with Crippen LogP contribution in [-0.2, 0) is 16.6 Å². The standard InChI is InChI=1S/C12H10F3NO4S/c1-6-10(4-7(5-17)20-6)21(18,19)16-9-3-2-8(13)11(14)12(9)15/h2-4,16-17H,5H2,1H3. The Hall–Kier alpha value is -2.00. The Morgan fingerprint density at radius 3 is 2.48 bits per heavy atom. The van der Waals surface area contributed by atoms with E-state index in [1.165, 1.54) is 6.92 Å². The van der Waals surface area contributed by atoms with E-state index in [9.17, 15) is 21.6 Å². The van der Waals surface area contributed by atoms with Gasteiger partial charge in [-0.2, -0.15) is 0 Å². The van der Waals surface area contributed by atoms with E-state index in [1.807, 2.05) is 0 Å². The van der Waals surface area contributed by atoms with Crippen LogP contribution < -0.4 is 4.72 Å². The molecule has 0 bridgehead atoms. The maximum atomic E-state index is 13.5. The number of aliphatic hydroxyl groups is 1. The number of aliphatic hydroxyl groups excluding tert-OH is 1. The summed E-state index contributed by atoms with van der Waals surface area (Å²) in [5.41, 5.74) is -0.736. The summed E-state index contributed by atoms with van der Waals surface area (Å²) >= 11 is 0. The number of hydrogen-bond acceptors (Lipinski definition) is 4. The summed E-state index contributed by atoms with van der Waals surface area (Å²) in [5.74, 6) is -4.90. The third kappa shape index (κ3) is 2.88. The van der Waals surface area contributed by atoms with Crippen molar-refractivity contribution < 1.29 is 31.1 Å². The van der Waals surface area contributed by atoms with Crippen molar-refractivity contribution in [2.24, 2.45) is 0 Å². The molecule has 0 radical (unpaired) electrons. The van der Waals surface area contributed by atoms with Gasteiger partial charge in [0.1, 0.15) is 23.0 Å². The number of furan rings is 1. The first-order valence-corrected chi connectivity index (χ1v) is 7.11. The molecule has 9 heteroatoms. The van der Waals surface area contributed by atoms with Crippen molar-refractivity contribution >= 4 is 15.7 Å². The minimum Gasteiger partial charge on any atom is -0.462 e. The van der Waals surface area contributed by atoms with E-state index >= 15 is 0 Å². The second kappa shape index (κ2) is 5.41. The van der Waals surface area contributed by atoms with Gasteiger partial charge in [0.2, 0.25) is 0 Å². The van der Waals surface area contributed by atoms with Crippen molar-refractivity contribution in [1.82, 2.24) is 0 Å². The van der Waals surface area contributed by atoms with E-state index in [0.29, 0.717) is 6.07 Å². The van der Waals surface area contributed by atoms with Crippen LogP contribution in [0.25, 0.3) is 0 Å².